The van der Waals surface area contributed by atoms with Gasteiger partial charge in [-0.2, -0.15) is 0 Å². The molecule has 0 saturated heterocycles. The van der Waals surface area contributed by atoms with Crippen molar-refractivity contribution in [3.63, 3.8) is 0 Å². The van der Waals surface area contributed by atoms with Crippen LogP contribution in [0.1, 0.15) is 15.9 Å². The van der Waals surface area contributed by atoms with E-state index in [0.29, 0.717) is 10.7 Å². The molecule has 0 radical (unpaired) electrons. The van der Waals surface area contributed by atoms with Gasteiger partial charge in [0.15, 0.2) is 5.75 Å². The van der Waals surface area contributed by atoms with E-state index >= 15 is 0 Å². The van der Waals surface area contributed by atoms with E-state index in [2.05, 4.69) is 15.6 Å². The molecular weight excluding hydrogens is 349 g/mol. The Morgan fingerprint density at radius 1 is 1.17 bits per heavy atom. The van der Waals surface area contributed by atoms with E-state index in [4.69, 9.17) is 27.9 Å². The molecule has 3 rings (SSSR count). The Bertz CT molecular complexity index is 804. The topological polar surface area (TPSA) is 62.7 Å². The van der Waals surface area contributed by atoms with Crippen LogP contribution in [0.5, 0.6) is 5.75 Å². The molecule has 24 heavy (non-hydrogen) atoms. The largest absolute Gasteiger partial charge is 0.494 e. The monoisotopic (exact) mass is 363 g/mol. The molecule has 0 aliphatic carbocycles. The van der Waals surface area contributed by atoms with E-state index in [9.17, 15) is 4.79 Å². The summed E-state index contributed by atoms with van der Waals surface area (Å²) in [7, 11) is 1.44. The molecule has 1 aliphatic heterocycles. The van der Waals surface area contributed by atoms with Crippen molar-refractivity contribution in [2.45, 2.75) is 0 Å². The van der Waals surface area contributed by atoms with Gasteiger partial charge in [-0.15, -0.1) is 0 Å². The number of ether oxygens (including phenoxy) is 1. The highest BCUT2D eigenvalue weighted by atomic mass is 35.5. The molecule has 0 fully saturated rings. The van der Waals surface area contributed by atoms with Crippen molar-refractivity contribution >= 4 is 40.6 Å². The second kappa shape index (κ2) is 7.11. The van der Waals surface area contributed by atoms with Gasteiger partial charge in [0.05, 0.1) is 23.7 Å². The quantitative estimate of drug-likeness (QED) is 0.871. The van der Waals surface area contributed by atoms with Gasteiger partial charge in [0.25, 0.3) is 5.91 Å². The van der Waals surface area contributed by atoms with Crippen LogP contribution in [0.25, 0.3) is 0 Å². The Morgan fingerprint density at radius 2 is 1.88 bits per heavy atom. The molecule has 5 nitrogen and oxygen atoms in total. The van der Waals surface area contributed by atoms with Crippen LogP contribution < -0.4 is 15.4 Å². The van der Waals surface area contributed by atoms with Gasteiger partial charge in [0.1, 0.15) is 11.4 Å². The van der Waals surface area contributed by atoms with Crippen molar-refractivity contribution in [1.29, 1.82) is 0 Å². The lowest BCUT2D eigenvalue weighted by atomic mass is 10.1. The zero-order chi connectivity index (χ0) is 17.1. The second-order valence-electron chi connectivity index (χ2n) is 5.13. The number of anilines is 1. The van der Waals surface area contributed by atoms with Gasteiger partial charge in [-0.05, 0) is 36.4 Å². The Hall–Kier alpha value is -2.24. The predicted octanol–water partition coefficient (Wildman–Crippen LogP) is 3.60. The summed E-state index contributed by atoms with van der Waals surface area (Å²) in [4.78, 5) is 16.9. The smallest absolute Gasteiger partial charge is 0.261 e. The first kappa shape index (κ1) is 16.6. The molecule has 2 aromatic carbocycles. The van der Waals surface area contributed by atoms with Crippen LogP contribution in [0, 0.1) is 0 Å². The summed E-state index contributed by atoms with van der Waals surface area (Å²) in [5.41, 5.74) is 1.82. The highest BCUT2D eigenvalue weighted by Gasteiger charge is 2.19. The van der Waals surface area contributed by atoms with Crippen LogP contribution in [0.2, 0.25) is 10.0 Å². The third kappa shape index (κ3) is 3.32. The minimum Gasteiger partial charge on any atom is -0.494 e. The number of rotatable bonds is 4. The summed E-state index contributed by atoms with van der Waals surface area (Å²) >= 11 is 12.2. The second-order valence-corrected chi connectivity index (χ2v) is 5.94. The van der Waals surface area contributed by atoms with Crippen molar-refractivity contribution in [3.05, 3.63) is 57.6 Å². The fraction of sp³-hybridized carbons (Fsp3) is 0.176. The van der Waals surface area contributed by atoms with Crippen LogP contribution in [0.4, 0.5) is 5.69 Å². The first-order chi connectivity index (χ1) is 11.6. The number of amides is 1. The fourth-order valence-corrected chi connectivity index (χ4v) is 2.91. The number of aliphatic imine (C=N–C) groups is 1. The third-order valence-electron chi connectivity index (χ3n) is 3.58. The highest BCUT2D eigenvalue weighted by molar-refractivity contribution is 6.37. The summed E-state index contributed by atoms with van der Waals surface area (Å²) < 4.78 is 5.20. The van der Waals surface area contributed by atoms with Crippen molar-refractivity contribution in [2.75, 3.05) is 25.5 Å². The van der Waals surface area contributed by atoms with E-state index in [-0.39, 0.29) is 22.2 Å². The highest BCUT2D eigenvalue weighted by Crippen LogP contribution is 2.34. The maximum Gasteiger partial charge on any atom is 0.261 e. The van der Waals surface area contributed by atoms with Crippen molar-refractivity contribution in [3.8, 4) is 5.75 Å². The molecule has 0 atom stereocenters. The fourth-order valence-electron chi connectivity index (χ4n) is 2.44. The van der Waals surface area contributed by atoms with Crippen LogP contribution in [-0.2, 0) is 0 Å². The van der Waals surface area contributed by atoms with E-state index in [1.807, 2.05) is 12.1 Å². The molecule has 0 saturated carbocycles. The number of hydrogen-bond donors (Lipinski definition) is 2. The minimum absolute atomic E-state index is 0.206. The number of methoxy groups -OCH3 is 1. The number of nitrogens with zero attached hydrogens (tertiary/aromatic N) is 1. The molecule has 0 spiro atoms. The summed E-state index contributed by atoms with van der Waals surface area (Å²) in [6.45, 7) is 1.63. The zero-order valence-corrected chi connectivity index (χ0v) is 14.4. The Morgan fingerprint density at radius 3 is 2.50 bits per heavy atom. The number of halogens is 2. The Kier molecular flexibility index (Phi) is 4.92. The average Bonchev–Trinajstić information content (AvgIpc) is 3.11. The van der Waals surface area contributed by atoms with Gasteiger partial charge in [-0.1, -0.05) is 23.2 Å². The number of amidine groups is 1. The maximum atomic E-state index is 12.5. The van der Waals surface area contributed by atoms with Gasteiger partial charge in [0, 0.05) is 17.8 Å². The molecule has 0 unspecified atom stereocenters. The van der Waals surface area contributed by atoms with Crippen molar-refractivity contribution in [2.24, 2.45) is 4.99 Å². The van der Waals surface area contributed by atoms with E-state index in [1.165, 1.54) is 7.11 Å². The van der Waals surface area contributed by atoms with E-state index < -0.39 is 0 Å². The zero-order valence-electron chi connectivity index (χ0n) is 12.9. The minimum atomic E-state index is -0.386. The molecule has 7 heteroatoms. The van der Waals surface area contributed by atoms with Crippen molar-refractivity contribution < 1.29 is 9.53 Å². The lowest BCUT2D eigenvalue weighted by molar-refractivity contribution is 0.102. The molecule has 124 valence electrons. The SMILES string of the molecule is COc1c(Cl)ccc(Cl)c1C(=O)Nc1ccc(C2=NCCN2)cc1. The van der Waals surface area contributed by atoms with Crippen LogP contribution in [0.15, 0.2) is 41.4 Å². The lowest BCUT2D eigenvalue weighted by Gasteiger charge is -2.12. The van der Waals surface area contributed by atoms with Gasteiger partial charge in [-0.25, -0.2) is 0 Å². The van der Waals surface area contributed by atoms with Crippen LogP contribution in [-0.4, -0.2) is 31.9 Å². The third-order valence-corrected chi connectivity index (χ3v) is 4.19. The first-order valence-corrected chi connectivity index (χ1v) is 8.08. The average molecular weight is 364 g/mol. The van der Waals surface area contributed by atoms with E-state index in [0.717, 1.165) is 24.5 Å². The normalized spacial score (nSPS) is 13.2. The van der Waals surface area contributed by atoms with Crippen molar-refractivity contribution in [1.82, 2.24) is 5.32 Å². The Balaban J connectivity index is 1.81. The summed E-state index contributed by atoms with van der Waals surface area (Å²) in [5.74, 6) is 0.735. The first-order valence-electron chi connectivity index (χ1n) is 7.32. The summed E-state index contributed by atoms with van der Waals surface area (Å²) in [6, 6.07) is 10.5. The predicted molar refractivity (Wildman–Crippen MR) is 96.8 cm³/mol. The van der Waals surface area contributed by atoms with Gasteiger partial charge < -0.3 is 15.4 Å². The molecule has 1 aliphatic rings. The van der Waals surface area contributed by atoms with Gasteiger partial charge in [0.2, 0.25) is 0 Å². The van der Waals surface area contributed by atoms with Gasteiger partial charge in [-0.3, -0.25) is 9.79 Å². The maximum absolute atomic E-state index is 12.5. The molecule has 0 aromatic heterocycles. The number of hydrogen-bond acceptors (Lipinski definition) is 4. The molecule has 0 bridgehead atoms. The summed E-state index contributed by atoms with van der Waals surface area (Å²) in [5, 5.41) is 6.60. The lowest BCUT2D eigenvalue weighted by Crippen LogP contribution is -2.19. The molecule has 1 heterocycles. The number of carbonyl (C=O) groups is 1. The number of nitrogens with one attached hydrogen (secondary N) is 2. The van der Waals surface area contributed by atoms with E-state index in [1.54, 1.807) is 24.3 Å². The number of carbonyl (C=O) groups excluding carboxylic acids is 1. The van der Waals surface area contributed by atoms with Crippen LogP contribution >= 0.6 is 23.2 Å². The summed E-state index contributed by atoms with van der Waals surface area (Å²) in [6.07, 6.45) is 0. The molecular formula is C17H15Cl2N3O2. The Labute approximate surface area is 149 Å². The number of benzene rings is 2. The molecule has 1 amide bonds. The standard InChI is InChI=1S/C17H15Cl2N3O2/c1-24-15-13(19)7-6-12(18)14(15)17(23)22-11-4-2-10(3-5-11)16-20-8-9-21-16/h2-7H,8-9H2,1H3,(H,20,21)(H,22,23). The molecule has 2 aromatic rings. The van der Waals surface area contributed by atoms with Crippen LogP contribution in [0.3, 0.4) is 0 Å². The van der Waals surface area contributed by atoms with Gasteiger partial charge >= 0.3 is 0 Å². The molecule has 2 N–H and O–H groups in total.